The van der Waals surface area contributed by atoms with Crippen molar-refractivity contribution in [3.05, 3.63) is 0 Å². The molecule has 0 aliphatic carbocycles. The van der Waals surface area contributed by atoms with Gasteiger partial charge in [-0.25, -0.2) is 8.42 Å². The van der Waals surface area contributed by atoms with Crippen LogP contribution in [0.25, 0.3) is 0 Å². The summed E-state index contributed by atoms with van der Waals surface area (Å²) in [5.74, 6) is -0.493. The number of carbonyl (C=O) groups excluding carboxylic acids is 1. The summed E-state index contributed by atoms with van der Waals surface area (Å²) in [5.41, 5.74) is 0. The molecule has 0 N–H and O–H groups in total. The van der Waals surface area contributed by atoms with E-state index in [1.807, 2.05) is 6.92 Å². The zero-order chi connectivity index (χ0) is 12.4. The summed E-state index contributed by atoms with van der Waals surface area (Å²) in [4.78, 5) is 10.9. The van der Waals surface area contributed by atoms with Crippen molar-refractivity contribution < 1.29 is 73.9 Å². The van der Waals surface area contributed by atoms with Crippen molar-refractivity contribution in [1.82, 2.24) is 0 Å². The molecule has 0 amide bonds. The van der Waals surface area contributed by atoms with Crippen LogP contribution in [-0.2, 0) is 19.6 Å². The molecule has 0 bridgehead atoms. The van der Waals surface area contributed by atoms with Gasteiger partial charge in [0.15, 0.2) is 0 Å². The Bertz CT molecular complexity index is 289. The monoisotopic (exact) mass is 290 g/mol. The number of unbranched alkanes of at least 4 members (excludes halogenated alkanes) is 3. The van der Waals surface area contributed by atoms with E-state index in [9.17, 15) is 17.8 Å². The topological polar surface area (TPSA) is 83.5 Å². The number of esters is 1. The van der Waals surface area contributed by atoms with Gasteiger partial charge in [0, 0.05) is 12.2 Å². The van der Waals surface area contributed by atoms with Crippen LogP contribution in [0.15, 0.2) is 0 Å². The van der Waals surface area contributed by atoms with E-state index in [1.54, 1.807) is 0 Å². The first-order chi connectivity index (χ1) is 7.45. The maximum Gasteiger partial charge on any atom is 1.00 e. The van der Waals surface area contributed by atoms with Gasteiger partial charge in [0.1, 0.15) is 0 Å². The van der Waals surface area contributed by atoms with Crippen molar-refractivity contribution >= 4 is 16.1 Å². The van der Waals surface area contributed by atoms with Crippen molar-refractivity contribution in [2.75, 3.05) is 12.4 Å². The predicted molar refractivity (Wildman–Crippen MR) is 58.9 cm³/mol. The fourth-order valence-corrected chi connectivity index (χ4v) is 1.75. The van der Waals surface area contributed by atoms with Gasteiger partial charge in [-0.1, -0.05) is 19.8 Å². The SMILES string of the molecule is CCCC(=O)OCCCCCCS(=O)(=O)[O-].[K+]. The molecule has 0 fully saturated rings. The number of hydrogen-bond acceptors (Lipinski definition) is 5. The van der Waals surface area contributed by atoms with Crippen molar-refractivity contribution in [3.63, 3.8) is 0 Å². The van der Waals surface area contributed by atoms with Crippen LogP contribution in [0, 0.1) is 0 Å². The minimum atomic E-state index is -4.07. The van der Waals surface area contributed by atoms with E-state index in [1.165, 1.54) is 0 Å². The van der Waals surface area contributed by atoms with Crippen LogP contribution in [0.5, 0.6) is 0 Å². The van der Waals surface area contributed by atoms with E-state index in [-0.39, 0.29) is 63.1 Å². The van der Waals surface area contributed by atoms with Crippen molar-refractivity contribution in [2.45, 2.75) is 45.4 Å². The van der Waals surface area contributed by atoms with Crippen molar-refractivity contribution in [1.29, 1.82) is 0 Å². The molecule has 0 unspecified atom stereocenters. The molecule has 5 nitrogen and oxygen atoms in total. The predicted octanol–water partition coefficient (Wildman–Crippen LogP) is -1.56. The average Bonchev–Trinajstić information content (AvgIpc) is 2.15. The van der Waals surface area contributed by atoms with Gasteiger partial charge in [-0.15, -0.1) is 0 Å². The summed E-state index contributed by atoms with van der Waals surface area (Å²) in [6.07, 6.45) is 3.76. The standard InChI is InChI=1S/C10H20O5S.K/c1-2-7-10(11)15-8-5-3-4-6-9-16(12,13)14;/h2-9H2,1H3,(H,12,13,14);/q;+1/p-1. The Kier molecular flexibility index (Phi) is 14.4. The number of hydrogen-bond donors (Lipinski definition) is 0. The first kappa shape index (κ1) is 20.3. The van der Waals surface area contributed by atoms with Gasteiger partial charge in [-0.3, -0.25) is 4.79 Å². The summed E-state index contributed by atoms with van der Waals surface area (Å²) in [6.45, 7) is 2.29. The minimum Gasteiger partial charge on any atom is -0.748 e. The normalized spacial score (nSPS) is 10.7. The Morgan fingerprint density at radius 3 is 2.29 bits per heavy atom. The van der Waals surface area contributed by atoms with Crippen LogP contribution >= 0.6 is 0 Å². The molecule has 7 heteroatoms. The van der Waals surface area contributed by atoms with Crippen LogP contribution in [0.2, 0.25) is 0 Å². The zero-order valence-electron chi connectivity index (χ0n) is 10.6. The van der Waals surface area contributed by atoms with Crippen LogP contribution in [0.1, 0.15) is 45.4 Å². The molecule has 0 saturated carbocycles. The van der Waals surface area contributed by atoms with Gasteiger partial charge in [0.25, 0.3) is 0 Å². The quantitative estimate of drug-likeness (QED) is 0.222. The van der Waals surface area contributed by atoms with E-state index in [0.717, 1.165) is 12.8 Å². The fourth-order valence-electron chi connectivity index (χ4n) is 1.20. The molecule has 0 radical (unpaired) electrons. The Morgan fingerprint density at radius 1 is 1.18 bits per heavy atom. The van der Waals surface area contributed by atoms with Crippen LogP contribution < -0.4 is 51.4 Å². The second-order valence-electron chi connectivity index (χ2n) is 3.65. The van der Waals surface area contributed by atoms with E-state index >= 15 is 0 Å². The molecule has 0 heterocycles. The molecule has 0 aromatic heterocycles. The average molecular weight is 290 g/mol. The Morgan fingerprint density at radius 2 is 1.76 bits per heavy atom. The fraction of sp³-hybridized carbons (Fsp3) is 0.900. The molecular weight excluding hydrogens is 271 g/mol. The second kappa shape index (κ2) is 12.1. The molecule has 0 aromatic rings. The van der Waals surface area contributed by atoms with Crippen LogP contribution in [-0.4, -0.2) is 31.3 Å². The molecule has 0 aliphatic heterocycles. The van der Waals surface area contributed by atoms with Crippen molar-refractivity contribution in [3.8, 4) is 0 Å². The van der Waals surface area contributed by atoms with Gasteiger partial charge >= 0.3 is 57.4 Å². The second-order valence-corrected chi connectivity index (χ2v) is 5.17. The van der Waals surface area contributed by atoms with Gasteiger partial charge < -0.3 is 9.29 Å². The molecular formula is C10H19KO5S. The maximum atomic E-state index is 10.9. The first-order valence-corrected chi connectivity index (χ1v) is 7.12. The molecule has 0 aliphatic rings. The van der Waals surface area contributed by atoms with E-state index < -0.39 is 10.1 Å². The number of carbonyl (C=O) groups is 1. The van der Waals surface area contributed by atoms with Gasteiger partial charge in [0.05, 0.1) is 16.7 Å². The first-order valence-electron chi connectivity index (χ1n) is 5.55. The zero-order valence-corrected chi connectivity index (χ0v) is 14.5. The Hall–Kier alpha value is 1.02. The van der Waals surface area contributed by atoms with Crippen molar-refractivity contribution in [2.24, 2.45) is 0 Å². The summed E-state index contributed by atoms with van der Waals surface area (Å²) in [7, 11) is -4.07. The third kappa shape index (κ3) is 17.0. The third-order valence-electron chi connectivity index (χ3n) is 2.01. The molecule has 0 atom stereocenters. The van der Waals surface area contributed by atoms with E-state index in [4.69, 9.17) is 4.74 Å². The molecule has 17 heavy (non-hydrogen) atoms. The molecule has 0 rings (SSSR count). The van der Waals surface area contributed by atoms with Gasteiger partial charge in [-0.2, -0.15) is 0 Å². The van der Waals surface area contributed by atoms with Crippen LogP contribution in [0.3, 0.4) is 0 Å². The number of ether oxygens (including phenoxy) is 1. The van der Waals surface area contributed by atoms with Gasteiger partial charge in [-0.05, 0) is 19.3 Å². The molecule has 0 aromatic carbocycles. The smallest absolute Gasteiger partial charge is 0.748 e. The van der Waals surface area contributed by atoms with E-state index in [2.05, 4.69) is 0 Å². The Labute approximate surface area is 146 Å². The van der Waals surface area contributed by atoms with Gasteiger partial charge in [0.2, 0.25) is 0 Å². The summed E-state index contributed by atoms with van der Waals surface area (Å²) in [5, 5.41) is 0. The van der Waals surface area contributed by atoms with E-state index in [0.29, 0.717) is 32.3 Å². The molecule has 0 spiro atoms. The largest absolute Gasteiger partial charge is 1.00 e. The summed E-state index contributed by atoms with van der Waals surface area (Å²) in [6, 6.07) is 0. The third-order valence-corrected chi connectivity index (χ3v) is 2.79. The summed E-state index contributed by atoms with van der Waals surface area (Å²) < 4.78 is 35.7. The molecule has 0 saturated heterocycles. The Balaban J connectivity index is 0. The molecule has 96 valence electrons. The minimum absolute atomic E-state index is 0. The number of rotatable bonds is 9. The van der Waals surface area contributed by atoms with Crippen LogP contribution in [0.4, 0.5) is 0 Å². The summed E-state index contributed by atoms with van der Waals surface area (Å²) >= 11 is 0. The maximum absolute atomic E-state index is 10.9.